The predicted octanol–water partition coefficient (Wildman–Crippen LogP) is 1.72. The second-order valence-electron chi connectivity index (χ2n) is 6.12. The van der Waals surface area contributed by atoms with Crippen molar-refractivity contribution in [3.8, 4) is 0 Å². The molecule has 0 aromatic carbocycles. The summed E-state index contributed by atoms with van der Waals surface area (Å²) in [5.74, 6) is 0. The number of aryl methyl sites for hydroxylation is 1. The zero-order valence-corrected chi connectivity index (χ0v) is 15.9. The first-order chi connectivity index (χ1) is 10.5. The van der Waals surface area contributed by atoms with E-state index in [1.807, 2.05) is 27.7 Å². The van der Waals surface area contributed by atoms with Crippen LogP contribution in [-0.2, 0) is 19.3 Å². The number of rotatable bonds is 8. The highest BCUT2D eigenvalue weighted by atomic mass is 32.2. The van der Waals surface area contributed by atoms with E-state index in [4.69, 9.17) is 9.31 Å². The van der Waals surface area contributed by atoms with E-state index < -0.39 is 17.1 Å². The number of pyridine rings is 1. The summed E-state index contributed by atoms with van der Waals surface area (Å²) in [6.07, 6.45) is 3.66. The first-order valence-electron chi connectivity index (χ1n) is 7.71. The summed E-state index contributed by atoms with van der Waals surface area (Å²) in [5, 5.41) is 0. The molecule has 6 nitrogen and oxygen atoms in total. The second kappa shape index (κ2) is 7.64. The number of nitrogens with zero attached hydrogens (tertiary/aromatic N) is 2. The van der Waals surface area contributed by atoms with E-state index >= 15 is 0 Å². The van der Waals surface area contributed by atoms with Gasteiger partial charge in [-0.2, -0.15) is 0 Å². The van der Waals surface area contributed by atoms with Crippen molar-refractivity contribution in [2.45, 2.75) is 46.6 Å². The van der Waals surface area contributed by atoms with E-state index in [-0.39, 0.29) is 5.60 Å². The summed E-state index contributed by atoms with van der Waals surface area (Å²) in [7, 11) is -2.44. The first-order valence-corrected chi connectivity index (χ1v) is 9.56. The van der Waals surface area contributed by atoms with Gasteiger partial charge in [0.2, 0.25) is 10.0 Å². The molecule has 0 aliphatic heterocycles. The number of sulfonamides is 1. The van der Waals surface area contributed by atoms with Crippen LogP contribution in [-0.4, -0.2) is 46.0 Å². The summed E-state index contributed by atoms with van der Waals surface area (Å²) in [4.78, 5) is 4.31. The van der Waals surface area contributed by atoms with Crippen LogP contribution >= 0.6 is 0 Å². The molecule has 8 heteroatoms. The lowest BCUT2D eigenvalue weighted by Crippen LogP contribution is -2.44. The summed E-state index contributed by atoms with van der Waals surface area (Å²) in [6, 6.07) is 1.76. The highest BCUT2D eigenvalue weighted by Crippen LogP contribution is 2.20. The normalized spacial score (nSPS) is 12.3. The minimum absolute atomic E-state index is 0.354. The maximum Gasteiger partial charge on any atom is 0.495 e. The van der Waals surface area contributed by atoms with Gasteiger partial charge < -0.3 is 9.31 Å². The number of hydrogen-bond donors (Lipinski definition) is 0. The Kier molecular flexibility index (Phi) is 6.62. The smallest absolute Gasteiger partial charge is 0.408 e. The largest absolute Gasteiger partial charge is 0.495 e. The van der Waals surface area contributed by atoms with Crippen LogP contribution < -0.4 is 9.77 Å². The van der Waals surface area contributed by atoms with Crippen molar-refractivity contribution < 1.29 is 17.7 Å². The zero-order valence-electron chi connectivity index (χ0n) is 15.1. The van der Waals surface area contributed by atoms with Crippen LogP contribution in [0.4, 0.5) is 5.69 Å². The van der Waals surface area contributed by atoms with E-state index in [2.05, 4.69) is 4.98 Å². The molecule has 0 N–H and O–H groups in total. The first kappa shape index (κ1) is 19.9. The van der Waals surface area contributed by atoms with Gasteiger partial charge in [0.05, 0.1) is 17.6 Å². The monoisotopic (exact) mass is 342 g/mol. The summed E-state index contributed by atoms with van der Waals surface area (Å²) < 4.78 is 36.6. The van der Waals surface area contributed by atoms with Crippen LogP contribution in [0.2, 0.25) is 0 Å². The van der Waals surface area contributed by atoms with Crippen molar-refractivity contribution in [2.24, 2.45) is 0 Å². The Hall–Kier alpha value is -1.12. The molecular weight excluding hydrogens is 315 g/mol. The Morgan fingerprint density at radius 2 is 1.96 bits per heavy atom. The maximum atomic E-state index is 11.8. The molecule has 1 heterocycles. The van der Waals surface area contributed by atoms with E-state index in [0.29, 0.717) is 23.5 Å². The SMILES string of the molecule is CCOB(OC(C)(C)CC)c1cnc(C)c(N(C)S(C)(=O)=O)c1. The molecule has 1 aromatic rings. The molecule has 1 aromatic heterocycles. The van der Waals surface area contributed by atoms with E-state index in [1.54, 1.807) is 19.2 Å². The van der Waals surface area contributed by atoms with Crippen LogP contribution in [0, 0.1) is 6.92 Å². The average molecular weight is 342 g/mol. The Labute approximate surface area is 140 Å². The van der Waals surface area contributed by atoms with Crippen LogP contribution in [0.3, 0.4) is 0 Å². The van der Waals surface area contributed by atoms with Crippen molar-refractivity contribution in [3.63, 3.8) is 0 Å². The molecular formula is C15H27BN2O4S. The average Bonchev–Trinajstić information content (AvgIpc) is 2.45. The quantitative estimate of drug-likeness (QED) is 0.673. The van der Waals surface area contributed by atoms with E-state index in [9.17, 15) is 8.42 Å². The molecule has 1 rings (SSSR count). The molecule has 0 aliphatic carbocycles. The minimum Gasteiger partial charge on any atom is -0.408 e. The lowest BCUT2D eigenvalue weighted by Gasteiger charge is -2.28. The minimum atomic E-state index is -3.36. The van der Waals surface area contributed by atoms with Gasteiger partial charge in [0.25, 0.3) is 0 Å². The molecule has 0 aliphatic rings. The highest BCUT2D eigenvalue weighted by molar-refractivity contribution is 7.92. The third kappa shape index (κ3) is 5.47. The van der Waals surface area contributed by atoms with E-state index in [0.717, 1.165) is 12.7 Å². The van der Waals surface area contributed by atoms with Crippen LogP contribution in [0.15, 0.2) is 12.3 Å². The van der Waals surface area contributed by atoms with Gasteiger partial charge >= 0.3 is 7.12 Å². The molecule has 0 saturated carbocycles. The molecule has 0 fully saturated rings. The molecule has 0 unspecified atom stereocenters. The number of hydrogen-bond acceptors (Lipinski definition) is 5. The Morgan fingerprint density at radius 1 is 1.35 bits per heavy atom. The lowest BCUT2D eigenvalue weighted by molar-refractivity contribution is 0.0706. The fourth-order valence-corrected chi connectivity index (χ4v) is 2.43. The van der Waals surface area contributed by atoms with Crippen molar-refractivity contribution in [1.82, 2.24) is 4.98 Å². The van der Waals surface area contributed by atoms with Crippen molar-refractivity contribution in [1.29, 1.82) is 0 Å². The van der Waals surface area contributed by atoms with E-state index in [1.165, 1.54) is 11.4 Å². The molecule has 23 heavy (non-hydrogen) atoms. The fraction of sp³-hybridized carbons (Fsp3) is 0.667. The van der Waals surface area contributed by atoms with Gasteiger partial charge in [-0.25, -0.2) is 8.42 Å². The van der Waals surface area contributed by atoms with Crippen LogP contribution in [0.25, 0.3) is 0 Å². The van der Waals surface area contributed by atoms with Crippen molar-refractivity contribution in [2.75, 3.05) is 24.2 Å². The highest BCUT2D eigenvalue weighted by Gasteiger charge is 2.30. The van der Waals surface area contributed by atoms with Crippen molar-refractivity contribution in [3.05, 3.63) is 18.0 Å². The topological polar surface area (TPSA) is 68.7 Å². The molecule has 0 amide bonds. The Balaban J connectivity index is 3.24. The fourth-order valence-electron chi connectivity index (χ4n) is 1.89. The molecule has 0 radical (unpaired) electrons. The number of anilines is 1. The third-order valence-corrected chi connectivity index (χ3v) is 4.98. The zero-order chi connectivity index (χ0) is 17.8. The van der Waals surface area contributed by atoms with Crippen LogP contribution in [0.1, 0.15) is 39.8 Å². The number of aromatic nitrogens is 1. The standard InChI is InChI=1S/C15H27BN2O4S/c1-8-15(4,5)22-16(21-9-2)13-10-14(12(3)17-11-13)18(6)23(7,19)20/h10-11H,8-9H2,1-7H3. The van der Waals surface area contributed by atoms with Gasteiger partial charge in [0, 0.05) is 30.9 Å². The van der Waals surface area contributed by atoms with Gasteiger partial charge in [0.1, 0.15) is 0 Å². The maximum absolute atomic E-state index is 11.8. The second-order valence-corrected chi connectivity index (χ2v) is 8.14. The molecule has 0 saturated heterocycles. The van der Waals surface area contributed by atoms with Gasteiger partial charge in [-0.05, 0) is 40.2 Å². The van der Waals surface area contributed by atoms with Crippen molar-refractivity contribution >= 4 is 28.3 Å². The molecule has 0 spiro atoms. The van der Waals surface area contributed by atoms with Gasteiger partial charge in [-0.15, -0.1) is 0 Å². The van der Waals surface area contributed by atoms with Gasteiger partial charge in [0.15, 0.2) is 0 Å². The lowest BCUT2D eigenvalue weighted by atomic mass is 9.78. The summed E-state index contributed by atoms with van der Waals surface area (Å²) in [6.45, 7) is 10.2. The van der Waals surface area contributed by atoms with Gasteiger partial charge in [-0.1, -0.05) is 6.92 Å². The Bertz CT molecular complexity index is 634. The Morgan fingerprint density at radius 3 is 2.43 bits per heavy atom. The molecule has 130 valence electrons. The summed E-state index contributed by atoms with van der Waals surface area (Å²) in [5.41, 5.74) is 1.50. The molecule has 0 atom stereocenters. The molecule has 0 bridgehead atoms. The summed E-state index contributed by atoms with van der Waals surface area (Å²) >= 11 is 0. The van der Waals surface area contributed by atoms with Crippen LogP contribution in [0.5, 0.6) is 0 Å². The predicted molar refractivity (Wildman–Crippen MR) is 94.7 cm³/mol. The third-order valence-electron chi connectivity index (χ3n) is 3.79. The van der Waals surface area contributed by atoms with Gasteiger partial charge in [-0.3, -0.25) is 9.29 Å².